The van der Waals surface area contributed by atoms with Crippen LogP contribution in [0.25, 0.3) is 0 Å². The Kier molecular flexibility index (Phi) is 5.99. The van der Waals surface area contributed by atoms with Crippen molar-refractivity contribution in [2.75, 3.05) is 13.7 Å². The van der Waals surface area contributed by atoms with Crippen molar-refractivity contribution in [1.29, 1.82) is 0 Å². The van der Waals surface area contributed by atoms with Crippen molar-refractivity contribution in [2.45, 2.75) is 24.3 Å². The van der Waals surface area contributed by atoms with Crippen LogP contribution in [0.4, 0.5) is 0 Å². The number of rotatable bonds is 8. The van der Waals surface area contributed by atoms with Gasteiger partial charge < -0.3 is 14.5 Å². The van der Waals surface area contributed by atoms with E-state index in [1.54, 1.807) is 24.5 Å². The first kappa shape index (κ1) is 18.0. The van der Waals surface area contributed by atoms with E-state index in [9.17, 15) is 13.2 Å². The van der Waals surface area contributed by atoms with Gasteiger partial charge in [-0.2, -0.15) is 4.72 Å². The van der Waals surface area contributed by atoms with E-state index in [0.29, 0.717) is 18.7 Å². The molecule has 0 saturated heterocycles. The highest BCUT2D eigenvalue weighted by atomic mass is 32.2. The number of ether oxygens (including phenoxy) is 1. The molecule has 0 saturated carbocycles. The molecule has 0 fully saturated rings. The first-order valence-corrected chi connectivity index (χ1v) is 8.87. The lowest BCUT2D eigenvalue weighted by molar-refractivity contribution is -0.122. The minimum absolute atomic E-state index is 0.0681. The summed E-state index contributed by atoms with van der Waals surface area (Å²) in [6, 6.07) is 8.61. The van der Waals surface area contributed by atoms with Crippen molar-refractivity contribution in [2.24, 2.45) is 0 Å². The maximum absolute atomic E-state index is 12.3. The largest absolute Gasteiger partial charge is 0.497 e. The lowest BCUT2D eigenvalue weighted by Gasteiger charge is -2.14. The van der Waals surface area contributed by atoms with Gasteiger partial charge in [-0.1, -0.05) is 0 Å². The number of nitrogens with one attached hydrogen (secondary N) is 2. The van der Waals surface area contributed by atoms with Gasteiger partial charge in [0, 0.05) is 13.0 Å². The number of carbonyl (C=O) groups is 1. The van der Waals surface area contributed by atoms with Crippen LogP contribution in [-0.4, -0.2) is 34.0 Å². The van der Waals surface area contributed by atoms with Crippen LogP contribution in [0.3, 0.4) is 0 Å². The lowest BCUT2D eigenvalue weighted by atomic mass is 10.3. The zero-order chi connectivity index (χ0) is 17.6. The van der Waals surface area contributed by atoms with Gasteiger partial charge in [0.2, 0.25) is 15.9 Å². The zero-order valence-electron chi connectivity index (χ0n) is 13.5. The molecule has 0 unspecified atom stereocenters. The van der Waals surface area contributed by atoms with Gasteiger partial charge in [0.15, 0.2) is 0 Å². The molecule has 0 bridgehead atoms. The third-order valence-electron chi connectivity index (χ3n) is 3.35. The standard InChI is InChI=1S/C16H20N2O5S/c1-12(16(19)17-10-9-14-4-3-11-23-14)18-24(20,21)15-7-5-13(22-2)6-8-15/h3-8,11-12,18H,9-10H2,1-2H3,(H,17,19)/t12-/m0/s1. The summed E-state index contributed by atoms with van der Waals surface area (Å²) in [7, 11) is -2.29. The van der Waals surface area contributed by atoms with Crippen LogP contribution in [0, 0.1) is 0 Å². The van der Waals surface area contributed by atoms with E-state index < -0.39 is 22.0 Å². The molecule has 1 aromatic carbocycles. The van der Waals surface area contributed by atoms with E-state index in [1.807, 2.05) is 6.07 Å². The van der Waals surface area contributed by atoms with Gasteiger partial charge in [0.25, 0.3) is 0 Å². The van der Waals surface area contributed by atoms with Crippen LogP contribution in [0.15, 0.2) is 52.0 Å². The summed E-state index contributed by atoms with van der Waals surface area (Å²) in [6.07, 6.45) is 2.10. The van der Waals surface area contributed by atoms with Gasteiger partial charge in [-0.15, -0.1) is 0 Å². The molecule has 24 heavy (non-hydrogen) atoms. The van der Waals surface area contributed by atoms with E-state index in [4.69, 9.17) is 9.15 Å². The second kappa shape index (κ2) is 7.98. The Morgan fingerprint density at radius 3 is 2.54 bits per heavy atom. The summed E-state index contributed by atoms with van der Waals surface area (Å²) in [5.74, 6) is 0.901. The molecule has 2 rings (SSSR count). The SMILES string of the molecule is COc1ccc(S(=O)(=O)N[C@@H](C)C(=O)NCCc2ccco2)cc1. The predicted octanol–water partition coefficient (Wildman–Crippen LogP) is 1.31. The fourth-order valence-corrected chi connectivity index (χ4v) is 3.23. The molecule has 1 heterocycles. The molecule has 1 amide bonds. The van der Waals surface area contributed by atoms with Gasteiger partial charge in [0.1, 0.15) is 11.5 Å². The van der Waals surface area contributed by atoms with E-state index in [1.165, 1.54) is 26.2 Å². The minimum atomic E-state index is -3.78. The average molecular weight is 352 g/mol. The van der Waals surface area contributed by atoms with Gasteiger partial charge in [-0.25, -0.2) is 8.42 Å². The molecule has 0 aliphatic carbocycles. The molecular formula is C16H20N2O5S. The summed E-state index contributed by atoms with van der Waals surface area (Å²) in [6.45, 7) is 1.85. The van der Waals surface area contributed by atoms with Crippen molar-refractivity contribution in [3.05, 3.63) is 48.4 Å². The second-order valence-electron chi connectivity index (χ2n) is 5.14. The third kappa shape index (κ3) is 4.84. The Morgan fingerprint density at radius 2 is 1.96 bits per heavy atom. The molecule has 2 aromatic rings. The quantitative estimate of drug-likeness (QED) is 0.747. The normalized spacial score (nSPS) is 12.6. The number of methoxy groups -OCH3 is 1. The highest BCUT2D eigenvalue weighted by Crippen LogP contribution is 2.15. The fraction of sp³-hybridized carbons (Fsp3) is 0.312. The highest BCUT2D eigenvalue weighted by molar-refractivity contribution is 7.89. The van der Waals surface area contributed by atoms with Crippen molar-refractivity contribution in [3.63, 3.8) is 0 Å². The molecule has 130 valence electrons. The Bertz CT molecular complexity index is 754. The molecule has 0 aliphatic heterocycles. The van der Waals surface area contributed by atoms with E-state index >= 15 is 0 Å². The molecular weight excluding hydrogens is 332 g/mol. The predicted molar refractivity (Wildman–Crippen MR) is 88.2 cm³/mol. The Hall–Kier alpha value is -2.32. The van der Waals surface area contributed by atoms with Crippen molar-refractivity contribution in [3.8, 4) is 5.75 Å². The van der Waals surface area contributed by atoms with E-state index in [2.05, 4.69) is 10.0 Å². The number of hydrogen-bond acceptors (Lipinski definition) is 5. The van der Waals surface area contributed by atoms with Gasteiger partial charge in [-0.05, 0) is 43.3 Å². The average Bonchev–Trinajstić information content (AvgIpc) is 3.07. The zero-order valence-corrected chi connectivity index (χ0v) is 14.3. The highest BCUT2D eigenvalue weighted by Gasteiger charge is 2.21. The second-order valence-corrected chi connectivity index (χ2v) is 6.85. The maximum Gasteiger partial charge on any atom is 0.241 e. The fourth-order valence-electron chi connectivity index (χ4n) is 2.03. The minimum Gasteiger partial charge on any atom is -0.497 e. The first-order chi connectivity index (χ1) is 11.4. The maximum atomic E-state index is 12.3. The molecule has 8 heteroatoms. The number of amides is 1. The number of hydrogen-bond donors (Lipinski definition) is 2. The van der Waals surface area contributed by atoms with E-state index in [-0.39, 0.29) is 4.90 Å². The number of carbonyl (C=O) groups excluding carboxylic acids is 1. The molecule has 2 N–H and O–H groups in total. The van der Waals surface area contributed by atoms with Crippen molar-refractivity contribution in [1.82, 2.24) is 10.0 Å². The molecule has 0 aliphatic rings. The van der Waals surface area contributed by atoms with Gasteiger partial charge in [0.05, 0.1) is 24.3 Å². The van der Waals surface area contributed by atoms with Crippen LogP contribution in [0.5, 0.6) is 5.75 Å². The smallest absolute Gasteiger partial charge is 0.241 e. The first-order valence-electron chi connectivity index (χ1n) is 7.39. The number of sulfonamides is 1. The van der Waals surface area contributed by atoms with Gasteiger partial charge in [-0.3, -0.25) is 4.79 Å². The molecule has 0 radical (unpaired) electrons. The summed E-state index contributed by atoms with van der Waals surface area (Å²) < 4.78 is 37.0. The summed E-state index contributed by atoms with van der Waals surface area (Å²) in [5, 5.41) is 2.67. The Labute approximate surface area is 141 Å². The van der Waals surface area contributed by atoms with Crippen LogP contribution >= 0.6 is 0 Å². The van der Waals surface area contributed by atoms with Crippen molar-refractivity contribution < 1.29 is 22.4 Å². The van der Waals surface area contributed by atoms with Crippen LogP contribution in [-0.2, 0) is 21.2 Å². The lowest BCUT2D eigenvalue weighted by Crippen LogP contribution is -2.45. The van der Waals surface area contributed by atoms with Crippen LogP contribution in [0.2, 0.25) is 0 Å². The summed E-state index contributed by atoms with van der Waals surface area (Å²) in [4.78, 5) is 12.1. The number of furan rings is 1. The molecule has 1 atom stereocenters. The summed E-state index contributed by atoms with van der Waals surface area (Å²) in [5.41, 5.74) is 0. The topological polar surface area (TPSA) is 97.6 Å². The third-order valence-corrected chi connectivity index (χ3v) is 4.90. The molecule has 0 spiro atoms. The monoisotopic (exact) mass is 352 g/mol. The van der Waals surface area contributed by atoms with Gasteiger partial charge >= 0.3 is 0 Å². The van der Waals surface area contributed by atoms with Crippen molar-refractivity contribution >= 4 is 15.9 Å². The Balaban J connectivity index is 1.88. The van der Waals surface area contributed by atoms with Crippen LogP contribution in [0.1, 0.15) is 12.7 Å². The molecule has 7 nitrogen and oxygen atoms in total. The molecule has 1 aromatic heterocycles. The summed E-state index contributed by atoms with van der Waals surface area (Å²) >= 11 is 0. The van der Waals surface area contributed by atoms with E-state index in [0.717, 1.165) is 5.76 Å². The Morgan fingerprint density at radius 1 is 1.25 bits per heavy atom. The van der Waals surface area contributed by atoms with Crippen LogP contribution < -0.4 is 14.8 Å². The number of benzene rings is 1.